The summed E-state index contributed by atoms with van der Waals surface area (Å²) in [5.74, 6) is 1.29. The van der Waals surface area contributed by atoms with Crippen molar-refractivity contribution in [3.8, 4) is 0 Å². The van der Waals surface area contributed by atoms with Crippen molar-refractivity contribution in [2.45, 2.75) is 19.8 Å². The van der Waals surface area contributed by atoms with E-state index in [1.54, 1.807) is 11.1 Å². The van der Waals surface area contributed by atoms with Crippen molar-refractivity contribution >= 4 is 11.7 Å². The van der Waals surface area contributed by atoms with Crippen molar-refractivity contribution in [1.29, 1.82) is 0 Å². The molecule has 0 unspecified atom stereocenters. The van der Waals surface area contributed by atoms with Crippen LogP contribution in [-0.4, -0.2) is 40.9 Å². The molecule has 1 aliphatic carbocycles. The normalized spacial score (nSPS) is 14.5. The lowest BCUT2D eigenvalue weighted by Gasteiger charge is -2.16. The summed E-state index contributed by atoms with van der Waals surface area (Å²) in [5, 5.41) is 3.05. The summed E-state index contributed by atoms with van der Waals surface area (Å²) >= 11 is 0. The number of anilines is 1. The molecule has 1 saturated carbocycles. The predicted molar refractivity (Wildman–Crippen MR) is 65.9 cm³/mol. The van der Waals surface area contributed by atoms with E-state index in [1.807, 2.05) is 14.0 Å². The number of rotatable bonds is 5. The van der Waals surface area contributed by atoms with Gasteiger partial charge >= 0.3 is 0 Å². The fourth-order valence-corrected chi connectivity index (χ4v) is 1.70. The van der Waals surface area contributed by atoms with E-state index in [4.69, 9.17) is 0 Å². The van der Waals surface area contributed by atoms with Crippen molar-refractivity contribution in [2.24, 2.45) is 5.92 Å². The number of nitrogens with one attached hydrogen (secondary N) is 1. The second-order valence-electron chi connectivity index (χ2n) is 4.45. The van der Waals surface area contributed by atoms with Crippen LogP contribution in [0.15, 0.2) is 12.4 Å². The van der Waals surface area contributed by atoms with Crippen molar-refractivity contribution in [3.63, 3.8) is 0 Å². The van der Waals surface area contributed by atoms with Crippen molar-refractivity contribution in [2.75, 3.05) is 25.5 Å². The summed E-state index contributed by atoms with van der Waals surface area (Å²) < 4.78 is 0. The van der Waals surface area contributed by atoms with Crippen LogP contribution in [0.1, 0.15) is 30.3 Å². The van der Waals surface area contributed by atoms with Gasteiger partial charge in [0, 0.05) is 20.1 Å². The molecular weight excluding hydrogens is 216 g/mol. The Hall–Kier alpha value is -1.65. The average Bonchev–Trinajstić information content (AvgIpc) is 3.13. The Bertz CT molecular complexity index is 403. The van der Waals surface area contributed by atoms with E-state index >= 15 is 0 Å². The minimum atomic E-state index is -0.0517. The van der Waals surface area contributed by atoms with Crippen LogP contribution >= 0.6 is 0 Å². The van der Waals surface area contributed by atoms with Crippen molar-refractivity contribution < 1.29 is 4.79 Å². The number of carbonyl (C=O) groups is 1. The van der Waals surface area contributed by atoms with Crippen LogP contribution in [-0.2, 0) is 0 Å². The summed E-state index contributed by atoms with van der Waals surface area (Å²) in [5.41, 5.74) is 0.409. The number of aromatic nitrogens is 2. The maximum Gasteiger partial charge on any atom is 0.273 e. The fourth-order valence-electron chi connectivity index (χ4n) is 1.70. The number of amides is 1. The number of hydrogen-bond donors (Lipinski definition) is 1. The molecule has 1 heterocycles. The van der Waals surface area contributed by atoms with Gasteiger partial charge in [-0.15, -0.1) is 0 Å². The van der Waals surface area contributed by atoms with Gasteiger partial charge in [-0.05, 0) is 25.7 Å². The number of carbonyl (C=O) groups excluding carboxylic acids is 1. The van der Waals surface area contributed by atoms with E-state index < -0.39 is 0 Å². The summed E-state index contributed by atoms with van der Waals surface area (Å²) in [6.07, 6.45) is 5.62. The van der Waals surface area contributed by atoms with Gasteiger partial charge in [0.05, 0.1) is 12.4 Å². The molecule has 0 atom stereocenters. The van der Waals surface area contributed by atoms with Crippen LogP contribution in [0.2, 0.25) is 0 Å². The average molecular weight is 234 g/mol. The van der Waals surface area contributed by atoms with Crippen molar-refractivity contribution in [1.82, 2.24) is 14.9 Å². The maximum atomic E-state index is 12.1. The third-order valence-electron chi connectivity index (χ3n) is 2.79. The molecule has 5 nitrogen and oxygen atoms in total. The van der Waals surface area contributed by atoms with E-state index in [2.05, 4.69) is 15.3 Å². The van der Waals surface area contributed by atoms with Gasteiger partial charge in [0.2, 0.25) is 0 Å². The molecule has 1 aliphatic rings. The van der Waals surface area contributed by atoms with E-state index in [1.165, 1.54) is 19.0 Å². The third kappa shape index (κ3) is 3.15. The topological polar surface area (TPSA) is 58.1 Å². The molecule has 92 valence electrons. The lowest BCUT2D eigenvalue weighted by Crippen LogP contribution is -2.29. The standard InChI is InChI=1S/C12H18N4O/c1-3-14-11-7-13-6-10(15-11)12(17)16(2)8-9-4-5-9/h6-7,9H,3-5,8H2,1-2H3,(H,14,15). The molecular formula is C12H18N4O. The molecule has 1 amide bonds. The Labute approximate surface area is 101 Å². The third-order valence-corrected chi connectivity index (χ3v) is 2.79. The van der Waals surface area contributed by atoms with E-state index in [0.29, 0.717) is 17.4 Å². The smallest absolute Gasteiger partial charge is 0.273 e. The quantitative estimate of drug-likeness (QED) is 0.836. The van der Waals surface area contributed by atoms with Crippen LogP contribution in [0.5, 0.6) is 0 Å². The van der Waals surface area contributed by atoms with Gasteiger partial charge in [-0.25, -0.2) is 4.98 Å². The first-order valence-electron chi connectivity index (χ1n) is 6.02. The molecule has 0 spiro atoms. The summed E-state index contributed by atoms with van der Waals surface area (Å²) in [6.45, 7) is 3.57. The maximum absolute atomic E-state index is 12.1. The minimum Gasteiger partial charge on any atom is -0.369 e. The van der Waals surface area contributed by atoms with E-state index in [-0.39, 0.29) is 5.91 Å². The second kappa shape index (κ2) is 5.12. The summed E-state index contributed by atoms with van der Waals surface area (Å²) in [4.78, 5) is 22.1. The van der Waals surface area contributed by atoms with E-state index in [0.717, 1.165) is 13.1 Å². The SMILES string of the molecule is CCNc1cncc(C(=O)N(C)CC2CC2)n1. The zero-order chi connectivity index (χ0) is 12.3. The van der Waals surface area contributed by atoms with Gasteiger partial charge in [-0.1, -0.05) is 0 Å². The zero-order valence-corrected chi connectivity index (χ0v) is 10.3. The zero-order valence-electron chi connectivity index (χ0n) is 10.3. The van der Waals surface area contributed by atoms with Crippen LogP contribution in [0.3, 0.4) is 0 Å². The first-order chi connectivity index (χ1) is 8.20. The van der Waals surface area contributed by atoms with Gasteiger partial charge in [-0.2, -0.15) is 0 Å². The van der Waals surface area contributed by atoms with Gasteiger partial charge < -0.3 is 10.2 Å². The highest BCUT2D eigenvalue weighted by Crippen LogP contribution is 2.29. The van der Waals surface area contributed by atoms with Crippen LogP contribution in [0.4, 0.5) is 5.82 Å². The Morgan fingerprint density at radius 3 is 2.94 bits per heavy atom. The minimum absolute atomic E-state index is 0.0517. The molecule has 0 saturated heterocycles. The molecule has 0 radical (unpaired) electrons. The molecule has 17 heavy (non-hydrogen) atoms. The van der Waals surface area contributed by atoms with Crippen LogP contribution in [0, 0.1) is 5.92 Å². The molecule has 0 aliphatic heterocycles. The monoisotopic (exact) mass is 234 g/mol. The Morgan fingerprint density at radius 1 is 1.53 bits per heavy atom. The number of hydrogen-bond acceptors (Lipinski definition) is 4. The highest BCUT2D eigenvalue weighted by molar-refractivity contribution is 5.92. The lowest BCUT2D eigenvalue weighted by atomic mass is 10.3. The highest BCUT2D eigenvalue weighted by atomic mass is 16.2. The van der Waals surface area contributed by atoms with Crippen LogP contribution < -0.4 is 5.32 Å². The Morgan fingerprint density at radius 2 is 2.29 bits per heavy atom. The molecule has 1 aromatic rings. The summed E-state index contributed by atoms with van der Waals surface area (Å²) in [7, 11) is 1.82. The molecule has 1 N–H and O–H groups in total. The lowest BCUT2D eigenvalue weighted by molar-refractivity contribution is 0.0782. The molecule has 2 rings (SSSR count). The molecule has 5 heteroatoms. The van der Waals surface area contributed by atoms with Gasteiger partial charge in [0.1, 0.15) is 11.5 Å². The van der Waals surface area contributed by atoms with Crippen molar-refractivity contribution in [3.05, 3.63) is 18.1 Å². The second-order valence-corrected chi connectivity index (χ2v) is 4.45. The number of nitrogens with zero attached hydrogens (tertiary/aromatic N) is 3. The van der Waals surface area contributed by atoms with Gasteiger partial charge in [0.15, 0.2) is 0 Å². The Kier molecular flexibility index (Phi) is 3.56. The van der Waals surface area contributed by atoms with E-state index in [9.17, 15) is 4.79 Å². The first kappa shape index (κ1) is 11.8. The van der Waals surface area contributed by atoms with Gasteiger partial charge in [-0.3, -0.25) is 9.78 Å². The molecule has 1 fully saturated rings. The largest absolute Gasteiger partial charge is 0.369 e. The Balaban J connectivity index is 2.03. The fraction of sp³-hybridized carbons (Fsp3) is 0.583. The highest BCUT2D eigenvalue weighted by Gasteiger charge is 2.25. The molecule has 0 bridgehead atoms. The molecule has 1 aromatic heterocycles. The van der Waals surface area contributed by atoms with Gasteiger partial charge in [0.25, 0.3) is 5.91 Å². The van der Waals surface area contributed by atoms with Crippen LogP contribution in [0.25, 0.3) is 0 Å². The predicted octanol–water partition coefficient (Wildman–Crippen LogP) is 1.39. The molecule has 0 aromatic carbocycles. The first-order valence-corrected chi connectivity index (χ1v) is 6.02. The summed E-state index contributed by atoms with van der Waals surface area (Å²) in [6, 6.07) is 0.